The molecule has 0 heterocycles. The Morgan fingerprint density at radius 1 is 0.650 bits per heavy atom. The quantitative estimate of drug-likeness (QED) is 0.106. The van der Waals surface area contributed by atoms with E-state index in [1.165, 1.54) is 0 Å². The fraction of sp³-hybridized carbons (Fsp3) is 0.696. The maximum Gasteiger partial charge on any atom is 0.336 e. The largest absolute Gasteiger partial charge is 0.483 e. The normalized spacial score (nSPS) is 39.4. The van der Waals surface area contributed by atoms with Crippen LogP contribution in [0.25, 0.3) is 0 Å². The summed E-state index contributed by atoms with van der Waals surface area (Å²) in [5, 5.41) is 89.9. The van der Waals surface area contributed by atoms with Gasteiger partial charge < -0.3 is 58.0 Å². The van der Waals surface area contributed by atoms with Crippen molar-refractivity contribution in [3.05, 3.63) is 6.92 Å². The van der Waals surface area contributed by atoms with E-state index >= 15 is 0 Å². The van der Waals surface area contributed by atoms with Gasteiger partial charge in [0.05, 0.1) is 18.3 Å². The van der Waals surface area contributed by atoms with E-state index in [1.807, 2.05) is 0 Å². The van der Waals surface area contributed by atoms with Crippen molar-refractivity contribution in [3.63, 3.8) is 0 Å². The Balaban J connectivity index is 0.000000563. The van der Waals surface area contributed by atoms with Crippen LogP contribution >= 0.6 is 0 Å². The number of carboxylic acids is 3. The molecule has 3 fully saturated rings. The number of aliphatic hydroxyl groups excluding tert-OH is 5. The van der Waals surface area contributed by atoms with E-state index in [-0.39, 0.29) is 35.7 Å². The predicted octanol–water partition coefficient (Wildman–Crippen LogP) is -3.98. The molecule has 0 aromatic heterocycles. The number of aliphatic hydroxyl groups is 7. The SMILES string of the molecule is O=C1CC(O)(C(=O)O)CC(O)C1O.O=C1CC(O)(C(=O)O)CC(O)C1O.[CH2-]C1(C(=O)O)CC(=O)C(C)C(O)C1.[Fe]. The Morgan fingerprint density at radius 2 is 1.00 bits per heavy atom. The molecular weight excluding hydrogens is 588 g/mol. The number of carboxylic acid groups (broad SMARTS) is 3. The van der Waals surface area contributed by atoms with Gasteiger partial charge in [-0.2, -0.15) is 0 Å². The first-order chi connectivity index (χ1) is 17.6. The first kappa shape index (κ1) is 37.7. The fourth-order valence-corrected chi connectivity index (χ4v) is 4.12. The van der Waals surface area contributed by atoms with Crippen molar-refractivity contribution in [1.29, 1.82) is 0 Å². The summed E-state index contributed by atoms with van der Waals surface area (Å²) in [6.07, 6.45) is -9.50. The van der Waals surface area contributed by atoms with E-state index in [2.05, 4.69) is 6.92 Å². The molecule has 10 N–H and O–H groups in total. The molecule has 0 bridgehead atoms. The molecule has 3 aliphatic rings. The predicted molar refractivity (Wildman–Crippen MR) is 123 cm³/mol. The van der Waals surface area contributed by atoms with E-state index in [0.29, 0.717) is 0 Å². The van der Waals surface area contributed by atoms with Gasteiger partial charge in [0, 0.05) is 48.7 Å². The molecule has 230 valence electrons. The maximum absolute atomic E-state index is 11.3. The Labute approximate surface area is 237 Å². The molecule has 0 aromatic rings. The zero-order chi connectivity index (χ0) is 30.7. The molecule has 3 aliphatic carbocycles. The number of rotatable bonds is 3. The zero-order valence-corrected chi connectivity index (χ0v) is 22.3. The van der Waals surface area contributed by atoms with Gasteiger partial charge in [-0.15, -0.1) is 0 Å². The smallest absolute Gasteiger partial charge is 0.336 e. The molecule has 3 rings (SSSR count). The molecule has 0 spiro atoms. The fourth-order valence-electron chi connectivity index (χ4n) is 4.12. The van der Waals surface area contributed by atoms with Crippen molar-refractivity contribution in [2.45, 2.75) is 87.2 Å². The number of carbonyl (C=O) groups is 6. The molecule has 0 radical (unpaired) electrons. The second kappa shape index (κ2) is 14.0. The molecule has 16 nitrogen and oxygen atoms in total. The minimum atomic E-state index is -2.24. The second-order valence-electron chi connectivity index (χ2n) is 10.2. The van der Waals surface area contributed by atoms with Crippen molar-refractivity contribution in [2.24, 2.45) is 11.3 Å². The van der Waals surface area contributed by atoms with Gasteiger partial charge in [0.2, 0.25) is 0 Å². The summed E-state index contributed by atoms with van der Waals surface area (Å²) in [4.78, 5) is 64.7. The van der Waals surface area contributed by atoms with Gasteiger partial charge in [-0.1, -0.05) is 6.92 Å². The third kappa shape index (κ3) is 8.83. The van der Waals surface area contributed by atoms with Crippen LogP contribution in [0.4, 0.5) is 0 Å². The van der Waals surface area contributed by atoms with Crippen LogP contribution in [-0.4, -0.2) is 128 Å². The van der Waals surface area contributed by atoms with E-state index in [1.54, 1.807) is 6.92 Å². The van der Waals surface area contributed by atoms with Gasteiger partial charge >= 0.3 is 11.9 Å². The summed E-state index contributed by atoms with van der Waals surface area (Å²) in [5.74, 6) is -6.65. The number of hydrogen-bond donors (Lipinski definition) is 10. The monoisotopic (exact) mass is 621 g/mol. The Morgan fingerprint density at radius 3 is 1.25 bits per heavy atom. The Bertz CT molecular complexity index is 878. The minimum absolute atomic E-state index is 0. The summed E-state index contributed by atoms with van der Waals surface area (Å²) in [6, 6.07) is 0. The molecule has 40 heavy (non-hydrogen) atoms. The standard InChI is InChI=1S/C9H13O4.2C7H10O6.Fe/c1-5-6(10)3-9(2,8(12)13)4-7(5)11;2*8-3-1-7(13,6(11)12)2-4(9)5(3)10;/h5-6,10H,2-4H2,1H3,(H,12,13);2*3,5,8,10,13H,1-2H2,(H,11,12);/q-1;;;. The molecule has 0 amide bonds. The Hall–Kier alpha value is -2.34. The molecule has 9 atom stereocenters. The Kier molecular flexibility index (Phi) is 13.2. The number of hydrogen-bond acceptors (Lipinski definition) is 13. The van der Waals surface area contributed by atoms with Gasteiger partial charge in [0.25, 0.3) is 5.97 Å². The zero-order valence-electron chi connectivity index (χ0n) is 21.2. The average molecular weight is 621 g/mol. The van der Waals surface area contributed by atoms with Crippen LogP contribution in [0.1, 0.15) is 45.4 Å². The van der Waals surface area contributed by atoms with E-state index < -0.39 is 108 Å². The van der Waals surface area contributed by atoms with Gasteiger partial charge in [-0.05, 0) is 18.3 Å². The van der Waals surface area contributed by atoms with E-state index in [9.17, 15) is 44.1 Å². The van der Waals surface area contributed by atoms with E-state index in [0.717, 1.165) is 0 Å². The summed E-state index contributed by atoms with van der Waals surface area (Å²) in [5.41, 5.74) is -5.81. The summed E-state index contributed by atoms with van der Waals surface area (Å²) >= 11 is 0. The van der Waals surface area contributed by atoms with Crippen molar-refractivity contribution in [3.8, 4) is 0 Å². The number of aliphatic carboxylic acids is 3. The second-order valence-corrected chi connectivity index (χ2v) is 10.2. The summed E-state index contributed by atoms with van der Waals surface area (Å²) in [7, 11) is 0. The summed E-state index contributed by atoms with van der Waals surface area (Å²) < 4.78 is 0. The molecule has 9 unspecified atom stereocenters. The number of Topliss-reactive ketones (excluding diaryl/α,β-unsaturated/α-hetero) is 3. The molecule has 0 saturated heterocycles. The maximum atomic E-state index is 11.3. The molecule has 17 heteroatoms. The van der Waals surface area contributed by atoms with Crippen LogP contribution in [0.5, 0.6) is 0 Å². The van der Waals surface area contributed by atoms with Gasteiger partial charge in [-0.25, -0.2) is 9.59 Å². The topological polar surface area (TPSA) is 305 Å². The molecular formula is C23H33FeO16-. The van der Waals surface area contributed by atoms with Crippen molar-refractivity contribution < 1.29 is 96.9 Å². The molecule has 0 aliphatic heterocycles. The average Bonchev–Trinajstić information content (AvgIpc) is 2.80. The van der Waals surface area contributed by atoms with Gasteiger partial charge in [-0.3, -0.25) is 19.2 Å². The third-order valence-corrected chi connectivity index (χ3v) is 6.86. The minimum Gasteiger partial charge on any atom is -0.483 e. The van der Waals surface area contributed by atoms with Crippen molar-refractivity contribution in [1.82, 2.24) is 0 Å². The molecule has 3 saturated carbocycles. The van der Waals surface area contributed by atoms with E-state index in [4.69, 9.17) is 35.7 Å². The van der Waals surface area contributed by atoms with Crippen LogP contribution in [0.2, 0.25) is 0 Å². The number of carbonyl (C=O) groups excluding carboxylic acids is 3. The van der Waals surface area contributed by atoms with Crippen LogP contribution in [0.15, 0.2) is 0 Å². The van der Waals surface area contributed by atoms with Crippen LogP contribution < -0.4 is 0 Å². The first-order valence-electron chi connectivity index (χ1n) is 11.6. The first-order valence-corrected chi connectivity index (χ1v) is 11.6. The summed E-state index contributed by atoms with van der Waals surface area (Å²) in [6.45, 7) is 5.09. The molecule has 0 aromatic carbocycles. The van der Waals surface area contributed by atoms with Crippen LogP contribution in [0.3, 0.4) is 0 Å². The van der Waals surface area contributed by atoms with Crippen molar-refractivity contribution in [2.75, 3.05) is 0 Å². The number of ketones is 3. The van der Waals surface area contributed by atoms with Gasteiger partial charge in [0.15, 0.2) is 22.8 Å². The van der Waals surface area contributed by atoms with Crippen LogP contribution in [-0.2, 0) is 45.8 Å². The van der Waals surface area contributed by atoms with Crippen molar-refractivity contribution >= 4 is 35.3 Å². The van der Waals surface area contributed by atoms with Crippen LogP contribution in [0, 0.1) is 18.3 Å². The third-order valence-electron chi connectivity index (χ3n) is 6.86. The van der Waals surface area contributed by atoms with Gasteiger partial charge in [0.1, 0.15) is 18.0 Å².